The minimum atomic E-state index is -0.378. The summed E-state index contributed by atoms with van der Waals surface area (Å²) in [6.07, 6.45) is 2.95. The number of ether oxygens (including phenoxy) is 2. The summed E-state index contributed by atoms with van der Waals surface area (Å²) in [4.78, 5) is 11.7. The molecule has 0 spiro atoms. The lowest BCUT2D eigenvalue weighted by Gasteiger charge is -2.08. The average molecular weight is 252 g/mol. The van der Waals surface area contributed by atoms with Crippen LogP contribution >= 0.6 is 0 Å². The fourth-order valence-electron chi connectivity index (χ4n) is 2.03. The number of rotatable bonds is 5. The van der Waals surface area contributed by atoms with Crippen molar-refractivity contribution in [1.29, 1.82) is 0 Å². The number of hydrogen-bond donors (Lipinski definition) is 1. The lowest BCUT2D eigenvalue weighted by molar-refractivity contribution is 0.0156. The fraction of sp³-hybridized carbons (Fsp3) is 0.692. The molecule has 0 amide bonds. The van der Waals surface area contributed by atoms with Gasteiger partial charge in [-0.25, -0.2) is 4.79 Å². The Kier molecular flexibility index (Phi) is 4.36. The predicted molar refractivity (Wildman–Crippen MR) is 66.4 cm³/mol. The number of carbonyl (C=O) groups is 1. The maximum absolute atomic E-state index is 11.7. The molecule has 2 heterocycles. The van der Waals surface area contributed by atoms with Crippen LogP contribution in [-0.2, 0) is 15.9 Å². The Morgan fingerprint density at radius 1 is 1.67 bits per heavy atom. The van der Waals surface area contributed by atoms with E-state index in [0.29, 0.717) is 18.2 Å². The van der Waals surface area contributed by atoms with Gasteiger partial charge in [0.15, 0.2) is 5.69 Å². The van der Waals surface area contributed by atoms with E-state index in [2.05, 4.69) is 24.0 Å². The van der Waals surface area contributed by atoms with Crippen LogP contribution in [0.3, 0.4) is 0 Å². The molecule has 0 aliphatic carbocycles. The number of aromatic amines is 1. The average Bonchev–Trinajstić information content (AvgIpc) is 2.95. The first kappa shape index (κ1) is 13.1. The van der Waals surface area contributed by atoms with Crippen LogP contribution in [0, 0.1) is 5.92 Å². The molecular weight excluding hydrogens is 232 g/mol. The second-order valence-corrected chi connectivity index (χ2v) is 5.11. The van der Waals surface area contributed by atoms with Gasteiger partial charge in [0, 0.05) is 12.3 Å². The van der Waals surface area contributed by atoms with E-state index in [9.17, 15) is 4.79 Å². The number of nitrogens with zero attached hydrogens (tertiary/aromatic N) is 1. The molecule has 1 aliphatic rings. The molecule has 0 bridgehead atoms. The molecule has 5 nitrogen and oxygen atoms in total. The summed E-state index contributed by atoms with van der Waals surface area (Å²) in [5.74, 6) is 0.151. The van der Waals surface area contributed by atoms with Gasteiger partial charge in [0.2, 0.25) is 0 Å². The molecule has 0 saturated carbocycles. The first-order valence-electron chi connectivity index (χ1n) is 6.48. The molecule has 1 aromatic rings. The van der Waals surface area contributed by atoms with Crippen LogP contribution in [0.4, 0.5) is 0 Å². The third kappa shape index (κ3) is 3.57. The van der Waals surface area contributed by atoms with Crippen LogP contribution in [0.25, 0.3) is 0 Å². The minimum absolute atomic E-state index is 0.0584. The van der Waals surface area contributed by atoms with E-state index < -0.39 is 0 Å². The Balaban J connectivity index is 1.82. The number of aromatic nitrogens is 2. The Labute approximate surface area is 107 Å². The van der Waals surface area contributed by atoms with Crippen molar-refractivity contribution in [1.82, 2.24) is 10.2 Å². The van der Waals surface area contributed by atoms with Crippen LogP contribution in [0.5, 0.6) is 0 Å². The molecule has 18 heavy (non-hydrogen) atoms. The Bertz CT molecular complexity index is 395. The third-order valence-corrected chi connectivity index (χ3v) is 2.89. The van der Waals surface area contributed by atoms with Gasteiger partial charge in [0.05, 0.1) is 6.10 Å². The molecule has 100 valence electrons. The minimum Gasteiger partial charge on any atom is -0.458 e. The number of hydrogen-bond acceptors (Lipinski definition) is 4. The zero-order valence-corrected chi connectivity index (χ0v) is 10.9. The number of nitrogens with one attached hydrogen (secondary N) is 1. The highest BCUT2D eigenvalue weighted by atomic mass is 16.6. The normalized spacial score (nSPS) is 19.4. The van der Waals surface area contributed by atoms with Gasteiger partial charge in [-0.1, -0.05) is 13.8 Å². The molecule has 1 aliphatic heterocycles. The molecule has 0 radical (unpaired) electrons. The fourth-order valence-corrected chi connectivity index (χ4v) is 2.03. The van der Waals surface area contributed by atoms with Crippen LogP contribution in [-0.4, -0.2) is 35.5 Å². The molecule has 1 N–H and O–H groups in total. The summed E-state index contributed by atoms with van der Waals surface area (Å²) in [5, 5.41) is 6.84. The van der Waals surface area contributed by atoms with Crippen molar-refractivity contribution in [2.45, 2.75) is 39.2 Å². The second kappa shape index (κ2) is 6.00. The van der Waals surface area contributed by atoms with Gasteiger partial charge in [-0.3, -0.25) is 5.10 Å². The molecule has 0 unspecified atom stereocenters. The van der Waals surface area contributed by atoms with Crippen molar-refractivity contribution in [3.05, 3.63) is 17.5 Å². The second-order valence-electron chi connectivity index (χ2n) is 5.11. The summed E-state index contributed by atoms with van der Waals surface area (Å²) in [6.45, 7) is 5.33. The monoisotopic (exact) mass is 252 g/mol. The summed E-state index contributed by atoms with van der Waals surface area (Å²) >= 11 is 0. The van der Waals surface area contributed by atoms with Crippen molar-refractivity contribution in [3.63, 3.8) is 0 Å². The molecule has 1 atom stereocenters. The molecule has 1 aromatic heterocycles. The molecule has 1 fully saturated rings. The maximum atomic E-state index is 11.7. The summed E-state index contributed by atoms with van der Waals surface area (Å²) in [7, 11) is 0. The van der Waals surface area contributed by atoms with Crippen molar-refractivity contribution >= 4 is 5.97 Å². The first-order chi connectivity index (χ1) is 8.65. The molecule has 2 rings (SSSR count). The smallest absolute Gasteiger partial charge is 0.358 e. The van der Waals surface area contributed by atoms with Crippen molar-refractivity contribution in [3.8, 4) is 0 Å². The summed E-state index contributed by atoms with van der Waals surface area (Å²) in [6, 6.07) is 1.76. The van der Waals surface area contributed by atoms with E-state index in [1.54, 1.807) is 6.07 Å². The van der Waals surface area contributed by atoms with Crippen LogP contribution in [0.1, 0.15) is 42.9 Å². The van der Waals surface area contributed by atoms with Crippen molar-refractivity contribution in [2.75, 3.05) is 13.2 Å². The van der Waals surface area contributed by atoms with Crippen molar-refractivity contribution < 1.29 is 14.3 Å². The van der Waals surface area contributed by atoms with Gasteiger partial charge < -0.3 is 9.47 Å². The lowest BCUT2D eigenvalue weighted by atomic mass is 10.1. The van der Waals surface area contributed by atoms with Gasteiger partial charge in [0.1, 0.15) is 6.61 Å². The topological polar surface area (TPSA) is 64.2 Å². The zero-order chi connectivity index (χ0) is 13.0. The highest BCUT2D eigenvalue weighted by molar-refractivity contribution is 5.87. The number of H-pyrrole nitrogens is 1. The van der Waals surface area contributed by atoms with Crippen molar-refractivity contribution in [2.24, 2.45) is 5.92 Å². The number of carbonyl (C=O) groups excluding carboxylic acids is 1. The van der Waals surface area contributed by atoms with Crippen LogP contribution in [0.2, 0.25) is 0 Å². The quantitative estimate of drug-likeness (QED) is 0.813. The summed E-state index contributed by atoms with van der Waals surface area (Å²) in [5.41, 5.74) is 1.32. The van der Waals surface area contributed by atoms with E-state index in [4.69, 9.17) is 9.47 Å². The number of esters is 1. The zero-order valence-electron chi connectivity index (χ0n) is 10.9. The maximum Gasteiger partial charge on any atom is 0.358 e. The van der Waals surface area contributed by atoms with E-state index in [1.165, 1.54) is 0 Å². The molecule has 5 heteroatoms. The van der Waals surface area contributed by atoms with Gasteiger partial charge in [-0.15, -0.1) is 0 Å². The van der Waals surface area contributed by atoms with Crippen LogP contribution in [0.15, 0.2) is 6.07 Å². The largest absolute Gasteiger partial charge is 0.458 e. The van der Waals surface area contributed by atoms with Gasteiger partial charge in [0.25, 0.3) is 0 Å². The molecule has 1 saturated heterocycles. The predicted octanol–water partition coefficient (Wildman–Crippen LogP) is 1.94. The van der Waals surface area contributed by atoms with Crippen LogP contribution < -0.4 is 0 Å². The van der Waals surface area contributed by atoms with E-state index >= 15 is 0 Å². The Morgan fingerprint density at radius 3 is 3.17 bits per heavy atom. The van der Waals surface area contributed by atoms with Gasteiger partial charge in [-0.05, 0) is 31.2 Å². The molecular formula is C13H20N2O3. The van der Waals surface area contributed by atoms with Gasteiger partial charge >= 0.3 is 5.97 Å². The van der Waals surface area contributed by atoms with E-state index in [0.717, 1.165) is 31.6 Å². The Morgan fingerprint density at radius 2 is 2.50 bits per heavy atom. The standard InChI is InChI=1S/C13H20N2O3/c1-9(2)6-10-7-12(15-14-10)13(16)18-8-11-4-3-5-17-11/h7,9,11H,3-6,8H2,1-2H3,(H,14,15)/t11-/m0/s1. The van der Waals surface area contributed by atoms with E-state index in [-0.39, 0.29) is 12.1 Å². The summed E-state index contributed by atoms with van der Waals surface area (Å²) < 4.78 is 10.6. The van der Waals surface area contributed by atoms with E-state index in [1.807, 2.05) is 0 Å². The highest BCUT2D eigenvalue weighted by Crippen LogP contribution is 2.13. The lowest BCUT2D eigenvalue weighted by Crippen LogP contribution is -2.18. The first-order valence-corrected chi connectivity index (χ1v) is 6.48. The highest BCUT2D eigenvalue weighted by Gasteiger charge is 2.19. The van der Waals surface area contributed by atoms with Gasteiger partial charge in [-0.2, -0.15) is 5.10 Å². The third-order valence-electron chi connectivity index (χ3n) is 2.89. The Hall–Kier alpha value is -1.36. The molecule has 0 aromatic carbocycles. The SMILES string of the molecule is CC(C)Cc1cc(C(=O)OC[C@@H]2CCCO2)n[nH]1.